The Morgan fingerprint density at radius 1 is 1.22 bits per heavy atom. The van der Waals surface area contributed by atoms with Gasteiger partial charge in [-0.05, 0) is 30.5 Å². The molecule has 6 nitrogen and oxygen atoms in total. The third-order valence-electron chi connectivity index (χ3n) is 3.32. The van der Waals surface area contributed by atoms with Crippen LogP contribution < -0.4 is 4.74 Å². The lowest BCUT2D eigenvalue weighted by Crippen LogP contribution is -2.02. The van der Waals surface area contributed by atoms with Crippen LogP contribution in [-0.4, -0.2) is 16.0 Å². The molecule has 0 amide bonds. The minimum absolute atomic E-state index is 0.0688. The second kappa shape index (κ2) is 7.40. The Balaban J connectivity index is 2.14. The van der Waals surface area contributed by atoms with Crippen LogP contribution in [0.3, 0.4) is 0 Å². The van der Waals surface area contributed by atoms with Gasteiger partial charge in [-0.3, -0.25) is 14.9 Å². The van der Waals surface area contributed by atoms with Crippen molar-refractivity contribution < 1.29 is 19.6 Å². The van der Waals surface area contributed by atoms with E-state index in [1.165, 1.54) is 12.1 Å². The topological polar surface area (TPSA) is 89.7 Å². The van der Waals surface area contributed by atoms with Crippen molar-refractivity contribution >= 4 is 11.7 Å². The van der Waals surface area contributed by atoms with Crippen molar-refractivity contribution in [1.29, 1.82) is 0 Å². The lowest BCUT2D eigenvalue weighted by Gasteiger charge is -2.09. The van der Waals surface area contributed by atoms with E-state index < -0.39 is 10.9 Å². The molecule has 1 N–H and O–H groups in total. The first-order valence-corrected chi connectivity index (χ1v) is 7.13. The molecule has 120 valence electrons. The Bertz CT molecular complexity index is 727. The molecule has 2 rings (SSSR count). The molecule has 6 heteroatoms. The molecule has 23 heavy (non-hydrogen) atoms. The second-order valence-corrected chi connectivity index (χ2v) is 5.23. The Morgan fingerprint density at radius 2 is 2.00 bits per heavy atom. The van der Waals surface area contributed by atoms with E-state index in [0.717, 1.165) is 11.1 Å². The van der Waals surface area contributed by atoms with Crippen LogP contribution in [0, 0.1) is 17.0 Å². The standard InChI is InChI=1S/C17H17NO5/c1-12-3-2-4-14(9-12)11-23-16-7-5-13(6-8-17(19)20)10-15(16)18(21)22/h2-5,7,9-10H,6,8,11H2,1H3,(H,19,20). The van der Waals surface area contributed by atoms with Gasteiger partial charge in [0.2, 0.25) is 0 Å². The highest BCUT2D eigenvalue weighted by Gasteiger charge is 2.16. The van der Waals surface area contributed by atoms with Crippen LogP contribution >= 0.6 is 0 Å². The molecule has 2 aromatic rings. The van der Waals surface area contributed by atoms with Crippen molar-refractivity contribution in [2.45, 2.75) is 26.4 Å². The summed E-state index contributed by atoms with van der Waals surface area (Å²) in [5.41, 5.74) is 2.46. The number of benzene rings is 2. The highest BCUT2D eigenvalue weighted by atomic mass is 16.6. The number of carboxylic acids is 1. The second-order valence-electron chi connectivity index (χ2n) is 5.23. The van der Waals surface area contributed by atoms with E-state index in [2.05, 4.69) is 0 Å². The summed E-state index contributed by atoms with van der Waals surface area (Å²) in [4.78, 5) is 21.3. The average Bonchev–Trinajstić information content (AvgIpc) is 2.51. The van der Waals surface area contributed by atoms with Crippen molar-refractivity contribution in [3.05, 3.63) is 69.3 Å². The van der Waals surface area contributed by atoms with Crippen molar-refractivity contribution in [3.63, 3.8) is 0 Å². The van der Waals surface area contributed by atoms with Crippen LogP contribution in [0.1, 0.15) is 23.1 Å². The van der Waals surface area contributed by atoms with Crippen molar-refractivity contribution in [2.24, 2.45) is 0 Å². The number of hydrogen-bond acceptors (Lipinski definition) is 4. The number of aliphatic carboxylic acids is 1. The van der Waals surface area contributed by atoms with Gasteiger partial charge >= 0.3 is 11.7 Å². The lowest BCUT2D eigenvalue weighted by atomic mass is 10.1. The fourth-order valence-corrected chi connectivity index (χ4v) is 2.20. The number of hydrogen-bond donors (Lipinski definition) is 1. The highest BCUT2D eigenvalue weighted by Crippen LogP contribution is 2.29. The van der Waals surface area contributed by atoms with Gasteiger partial charge in [-0.15, -0.1) is 0 Å². The lowest BCUT2D eigenvalue weighted by molar-refractivity contribution is -0.386. The number of nitro groups is 1. The summed E-state index contributed by atoms with van der Waals surface area (Å²) in [6.07, 6.45) is 0.176. The summed E-state index contributed by atoms with van der Waals surface area (Å²) in [5.74, 6) is -0.761. The third kappa shape index (κ3) is 4.81. The number of nitrogens with zero attached hydrogens (tertiary/aromatic N) is 1. The van der Waals surface area contributed by atoms with Crippen molar-refractivity contribution in [3.8, 4) is 5.75 Å². The summed E-state index contributed by atoms with van der Waals surface area (Å²) < 4.78 is 5.56. The molecule has 0 radical (unpaired) electrons. The van der Waals surface area contributed by atoms with Crippen molar-refractivity contribution in [1.82, 2.24) is 0 Å². The van der Waals surface area contributed by atoms with Gasteiger partial charge in [-0.1, -0.05) is 35.9 Å². The molecule has 0 fully saturated rings. The van der Waals surface area contributed by atoms with E-state index in [4.69, 9.17) is 9.84 Å². The molecule has 0 aliphatic carbocycles. The number of carboxylic acid groups (broad SMARTS) is 1. The molecule has 0 heterocycles. The molecule has 0 saturated heterocycles. The van der Waals surface area contributed by atoms with Gasteiger partial charge in [-0.2, -0.15) is 0 Å². The third-order valence-corrected chi connectivity index (χ3v) is 3.32. The van der Waals surface area contributed by atoms with Gasteiger partial charge in [0.25, 0.3) is 0 Å². The largest absolute Gasteiger partial charge is 0.482 e. The van der Waals surface area contributed by atoms with E-state index in [9.17, 15) is 14.9 Å². The van der Waals surface area contributed by atoms with Crippen molar-refractivity contribution in [2.75, 3.05) is 0 Å². The molecule has 2 aromatic carbocycles. The van der Waals surface area contributed by atoms with Gasteiger partial charge in [0.05, 0.1) is 4.92 Å². The Morgan fingerprint density at radius 3 is 2.65 bits per heavy atom. The highest BCUT2D eigenvalue weighted by molar-refractivity contribution is 5.67. The minimum Gasteiger partial charge on any atom is -0.482 e. The van der Waals surface area contributed by atoms with Gasteiger partial charge in [-0.25, -0.2) is 0 Å². The van der Waals surface area contributed by atoms with Crippen LogP contribution in [0.4, 0.5) is 5.69 Å². The van der Waals surface area contributed by atoms with Gasteiger partial charge in [0.15, 0.2) is 5.75 Å². The summed E-state index contributed by atoms with van der Waals surface area (Å²) in [6.45, 7) is 2.19. The molecule has 0 unspecified atom stereocenters. The number of aryl methyl sites for hydroxylation is 2. The number of ether oxygens (including phenoxy) is 1. The molecule has 0 bridgehead atoms. The predicted octanol–water partition coefficient (Wildman–Crippen LogP) is 3.50. The van der Waals surface area contributed by atoms with Crippen LogP contribution in [0.15, 0.2) is 42.5 Å². The maximum absolute atomic E-state index is 11.2. The van der Waals surface area contributed by atoms with Gasteiger partial charge in [0.1, 0.15) is 6.61 Å². The number of nitro benzene ring substituents is 1. The first-order valence-electron chi connectivity index (χ1n) is 7.13. The molecule has 0 atom stereocenters. The quantitative estimate of drug-likeness (QED) is 0.624. The average molecular weight is 315 g/mol. The smallest absolute Gasteiger partial charge is 0.311 e. The van der Waals surface area contributed by atoms with Crippen LogP contribution in [0.5, 0.6) is 5.75 Å². The minimum atomic E-state index is -0.938. The van der Waals surface area contributed by atoms with Crippen LogP contribution in [0.25, 0.3) is 0 Å². The van der Waals surface area contributed by atoms with E-state index in [1.807, 2.05) is 31.2 Å². The molecular formula is C17H17NO5. The van der Waals surface area contributed by atoms with E-state index in [-0.39, 0.29) is 30.9 Å². The zero-order valence-corrected chi connectivity index (χ0v) is 12.7. The normalized spacial score (nSPS) is 10.3. The first-order chi connectivity index (χ1) is 11.0. The van der Waals surface area contributed by atoms with Gasteiger partial charge in [0, 0.05) is 12.5 Å². The maximum atomic E-state index is 11.2. The van der Waals surface area contributed by atoms with Gasteiger partial charge < -0.3 is 9.84 Å². The maximum Gasteiger partial charge on any atom is 0.311 e. The Hall–Kier alpha value is -2.89. The Kier molecular flexibility index (Phi) is 5.30. The predicted molar refractivity (Wildman–Crippen MR) is 84.6 cm³/mol. The van der Waals surface area contributed by atoms with Crippen LogP contribution in [0.2, 0.25) is 0 Å². The molecule has 0 saturated carbocycles. The monoisotopic (exact) mass is 315 g/mol. The molecular weight excluding hydrogens is 298 g/mol. The summed E-state index contributed by atoms with van der Waals surface area (Å²) in [5, 5.41) is 19.9. The number of carbonyl (C=O) groups is 1. The molecule has 0 aliphatic heterocycles. The first kappa shape index (κ1) is 16.5. The van der Waals surface area contributed by atoms with E-state index >= 15 is 0 Å². The van der Waals surface area contributed by atoms with E-state index in [1.54, 1.807) is 6.07 Å². The molecule has 0 aromatic heterocycles. The molecule has 0 spiro atoms. The zero-order chi connectivity index (χ0) is 16.8. The fourth-order valence-electron chi connectivity index (χ4n) is 2.20. The molecule has 0 aliphatic rings. The van der Waals surface area contributed by atoms with Crippen LogP contribution in [-0.2, 0) is 17.8 Å². The zero-order valence-electron chi connectivity index (χ0n) is 12.7. The summed E-state index contributed by atoms with van der Waals surface area (Å²) in [6, 6.07) is 12.2. The Labute approximate surface area is 133 Å². The summed E-state index contributed by atoms with van der Waals surface area (Å²) >= 11 is 0. The fraction of sp³-hybridized carbons (Fsp3) is 0.235. The number of rotatable bonds is 7. The summed E-state index contributed by atoms with van der Waals surface area (Å²) in [7, 11) is 0. The van der Waals surface area contributed by atoms with E-state index in [0.29, 0.717) is 5.56 Å². The SMILES string of the molecule is Cc1cccc(COc2ccc(CCC(=O)O)cc2[N+](=O)[O-])c1.